The summed E-state index contributed by atoms with van der Waals surface area (Å²) in [5.74, 6) is 0.198. The van der Waals surface area contributed by atoms with Gasteiger partial charge in [0.15, 0.2) is 5.78 Å². The zero-order valence-electron chi connectivity index (χ0n) is 9.20. The lowest BCUT2D eigenvalue weighted by Gasteiger charge is -2.30. The van der Waals surface area contributed by atoms with Crippen LogP contribution in [0.4, 0.5) is 0 Å². The molecule has 0 aromatic carbocycles. The SMILES string of the molecule is CN(C)C(C)(C)C(=O)Cc1ccoc1. The average Bonchev–Trinajstić information content (AvgIpc) is 2.56. The van der Waals surface area contributed by atoms with E-state index in [1.54, 1.807) is 12.5 Å². The molecule has 0 saturated heterocycles. The average molecular weight is 195 g/mol. The van der Waals surface area contributed by atoms with Crippen LogP contribution < -0.4 is 0 Å². The van der Waals surface area contributed by atoms with Crippen molar-refractivity contribution >= 4 is 5.78 Å². The molecule has 0 spiro atoms. The molecule has 0 radical (unpaired) electrons. The van der Waals surface area contributed by atoms with Crippen LogP contribution in [0.5, 0.6) is 0 Å². The summed E-state index contributed by atoms with van der Waals surface area (Å²) in [5.41, 5.74) is 0.516. The number of hydrogen-bond acceptors (Lipinski definition) is 3. The van der Waals surface area contributed by atoms with E-state index in [1.165, 1.54) is 0 Å². The predicted octanol–water partition coefficient (Wildman–Crippen LogP) is 1.73. The third-order valence-electron chi connectivity index (χ3n) is 2.75. The highest BCUT2D eigenvalue weighted by atomic mass is 16.3. The van der Waals surface area contributed by atoms with Crippen molar-refractivity contribution < 1.29 is 9.21 Å². The molecule has 0 atom stereocenters. The summed E-state index contributed by atoms with van der Waals surface area (Å²) in [6, 6.07) is 1.82. The first-order valence-corrected chi connectivity index (χ1v) is 4.66. The fraction of sp³-hybridized carbons (Fsp3) is 0.545. The van der Waals surface area contributed by atoms with Crippen molar-refractivity contribution in [2.45, 2.75) is 25.8 Å². The highest BCUT2D eigenvalue weighted by Crippen LogP contribution is 2.15. The van der Waals surface area contributed by atoms with E-state index in [1.807, 2.05) is 38.9 Å². The van der Waals surface area contributed by atoms with E-state index in [2.05, 4.69) is 0 Å². The minimum Gasteiger partial charge on any atom is -0.472 e. The summed E-state index contributed by atoms with van der Waals surface area (Å²) >= 11 is 0. The Balaban J connectivity index is 2.67. The number of ketones is 1. The third kappa shape index (κ3) is 2.23. The van der Waals surface area contributed by atoms with E-state index in [0.29, 0.717) is 6.42 Å². The van der Waals surface area contributed by atoms with E-state index in [4.69, 9.17) is 4.42 Å². The van der Waals surface area contributed by atoms with Gasteiger partial charge in [-0.1, -0.05) is 0 Å². The molecule has 3 heteroatoms. The molecule has 0 bridgehead atoms. The van der Waals surface area contributed by atoms with Gasteiger partial charge in [0.1, 0.15) is 0 Å². The molecular weight excluding hydrogens is 178 g/mol. The van der Waals surface area contributed by atoms with Crippen molar-refractivity contribution in [2.75, 3.05) is 14.1 Å². The van der Waals surface area contributed by atoms with Crippen LogP contribution in [0.25, 0.3) is 0 Å². The van der Waals surface area contributed by atoms with E-state index >= 15 is 0 Å². The van der Waals surface area contributed by atoms with Crippen LogP contribution in [-0.4, -0.2) is 30.3 Å². The van der Waals surface area contributed by atoms with Crippen molar-refractivity contribution in [1.82, 2.24) is 4.90 Å². The van der Waals surface area contributed by atoms with Gasteiger partial charge in [0.2, 0.25) is 0 Å². The minimum absolute atomic E-state index is 0.198. The largest absolute Gasteiger partial charge is 0.472 e. The predicted molar refractivity (Wildman–Crippen MR) is 55.2 cm³/mol. The molecule has 0 unspecified atom stereocenters. The Morgan fingerprint density at radius 2 is 2.14 bits per heavy atom. The van der Waals surface area contributed by atoms with Crippen LogP contribution in [0.2, 0.25) is 0 Å². The van der Waals surface area contributed by atoms with Crippen LogP contribution in [0.1, 0.15) is 19.4 Å². The van der Waals surface area contributed by atoms with Gasteiger partial charge in [-0.25, -0.2) is 0 Å². The molecule has 1 aromatic heterocycles. The summed E-state index contributed by atoms with van der Waals surface area (Å²) in [4.78, 5) is 13.8. The smallest absolute Gasteiger partial charge is 0.156 e. The van der Waals surface area contributed by atoms with Crippen LogP contribution in [0.15, 0.2) is 23.0 Å². The van der Waals surface area contributed by atoms with Gasteiger partial charge >= 0.3 is 0 Å². The Morgan fingerprint density at radius 1 is 1.50 bits per heavy atom. The Bertz CT molecular complexity index is 299. The van der Waals surface area contributed by atoms with Gasteiger partial charge in [-0.15, -0.1) is 0 Å². The van der Waals surface area contributed by atoms with E-state index < -0.39 is 5.54 Å². The zero-order chi connectivity index (χ0) is 10.8. The zero-order valence-corrected chi connectivity index (χ0v) is 9.20. The summed E-state index contributed by atoms with van der Waals surface area (Å²) in [7, 11) is 3.82. The van der Waals surface area contributed by atoms with Crippen LogP contribution >= 0.6 is 0 Å². The minimum atomic E-state index is -0.419. The molecule has 0 saturated carbocycles. The normalized spacial score (nSPS) is 12.1. The van der Waals surface area contributed by atoms with Gasteiger partial charge in [-0.05, 0) is 39.6 Å². The Kier molecular flexibility index (Phi) is 3.11. The number of rotatable bonds is 4. The van der Waals surface area contributed by atoms with Gasteiger partial charge < -0.3 is 4.42 Å². The Morgan fingerprint density at radius 3 is 2.57 bits per heavy atom. The molecule has 1 rings (SSSR count). The molecule has 3 nitrogen and oxygen atoms in total. The molecule has 1 heterocycles. The molecule has 1 aromatic rings. The summed E-state index contributed by atoms with van der Waals surface area (Å²) < 4.78 is 4.92. The lowest BCUT2D eigenvalue weighted by molar-refractivity contribution is -0.127. The molecule has 14 heavy (non-hydrogen) atoms. The number of furan rings is 1. The van der Waals surface area contributed by atoms with Crippen LogP contribution in [0, 0.1) is 0 Å². The summed E-state index contributed by atoms with van der Waals surface area (Å²) in [6.07, 6.45) is 3.64. The lowest BCUT2D eigenvalue weighted by atomic mass is 9.93. The molecular formula is C11H17NO2. The van der Waals surface area contributed by atoms with Crippen molar-refractivity contribution in [3.63, 3.8) is 0 Å². The lowest BCUT2D eigenvalue weighted by Crippen LogP contribution is -2.46. The fourth-order valence-electron chi connectivity index (χ4n) is 1.04. The highest BCUT2D eigenvalue weighted by molar-refractivity contribution is 5.89. The number of nitrogens with zero attached hydrogens (tertiary/aromatic N) is 1. The van der Waals surface area contributed by atoms with Crippen molar-refractivity contribution in [3.8, 4) is 0 Å². The second-order valence-electron chi connectivity index (χ2n) is 4.18. The molecule has 0 aliphatic rings. The quantitative estimate of drug-likeness (QED) is 0.733. The summed E-state index contributed by atoms with van der Waals surface area (Å²) in [6.45, 7) is 3.85. The second-order valence-corrected chi connectivity index (χ2v) is 4.18. The third-order valence-corrected chi connectivity index (χ3v) is 2.75. The first-order valence-electron chi connectivity index (χ1n) is 4.66. The Hall–Kier alpha value is -1.09. The van der Waals surface area contributed by atoms with Crippen molar-refractivity contribution in [3.05, 3.63) is 24.2 Å². The molecule has 0 aliphatic carbocycles. The second kappa shape index (κ2) is 3.96. The molecule has 0 aliphatic heterocycles. The maximum Gasteiger partial charge on any atom is 0.156 e. The molecule has 0 fully saturated rings. The Labute approximate surface area is 84.7 Å². The number of Topliss-reactive ketones (excluding diaryl/α,β-unsaturated/α-hetero) is 1. The first kappa shape index (κ1) is 11.0. The fourth-order valence-corrected chi connectivity index (χ4v) is 1.04. The van der Waals surface area contributed by atoms with E-state index in [0.717, 1.165) is 5.56 Å². The van der Waals surface area contributed by atoms with Gasteiger partial charge in [-0.2, -0.15) is 0 Å². The van der Waals surface area contributed by atoms with Crippen molar-refractivity contribution in [1.29, 1.82) is 0 Å². The van der Waals surface area contributed by atoms with E-state index in [9.17, 15) is 4.79 Å². The van der Waals surface area contributed by atoms with Crippen molar-refractivity contribution in [2.24, 2.45) is 0 Å². The van der Waals surface area contributed by atoms with Gasteiger partial charge in [0.05, 0.1) is 18.1 Å². The standard InChI is InChI=1S/C11H17NO2/c1-11(2,12(3)4)10(13)7-9-5-6-14-8-9/h5-6,8H,7H2,1-4H3. The maximum absolute atomic E-state index is 11.9. The van der Waals surface area contributed by atoms with Crippen LogP contribution in [0.3, 0.4) is 0 Å². The molecule has 78 valence electrons. The topological polar surface area (TPSA) is 33.5 Å². The molecule has 0 N–H and O–H groups in total. The van der Waals surface area contributed by atoms with Gasteiger partial charge in [-0.3, -0.25) is 9.69 Å². The monoisotopic (exact) mass is 195 g/mol. The number of hydrogen-bond donors (Lipinski definition) is 0. The van der Waals surface area contributed by atoms with Gasteiger partial charge in [0, 0.05) is 6.42 Å². The number of carbonyl (C=O) groups is 1. The van der Waals surface area contributed by atoms with Gasteiger partial charge in [0.25, 0.3) is 0 Å². The first-order chi connectivity index (χ1) is 6.44. The maximum atomic E-state index is 11.9. The summed E-state index contributed by atoms with van der Waals surface area (Å²) in [5, 5.41) is 0. The van der Waals surface area contributed by atoms with E-state index in [-0.39, 0.29) is 5.78 Å². The van der Waals surface area contributed by atoms with Crippen LogP contribution in [-0.2, 0) is 11.2 Å². The highest BCUT2D eigenvalue weighted by Gasteiger charge is 2.29. The molecule has 0 amide bonds. The number of likely N-dealkylation sites (N-methyl/N-ethyl adjacent to an activating group) is 1. The number of carbonyl (C=O) groups excluding carboxylic acids is 1.